The molecule has 0 radical (unpaired) electrons. The summed E-state index contributed by atoms with van der Waals surface area (Å²) in [4.78, 5) is 56.3. The normalized spacial score (nSPS) is 19.5. The summed E-state index contributed by atoms with van der Waals surface area (Å²) in [5.74, 6) is -3.72. The summed E-state index contributed by atoms with van der Waals surface area (Å²) in [7, 11) is 0. The van der Waals surface area contributed by atoms with Crippen LogP contribution < -0.4 is 19.8 Å². The number of phenols is 1. The topological polar surface area (TPSA) is 129 Å². The Morgan fingerprint density at radius 3 is 2.52 bits per heavy atom. The Balaban J connectivity index is 1.36. The molecule has 3 N–H and O–H groups in total. The molecule has 15 heteroatoms. The zero-order valence-electron chi connectivity index (χ0n) is 22.1. The monoisotopic (exact) mass is 705 g/mol. The second-order valence-electron chi connectivity index (χ2n) is 9.88. The van der Waals surface area contributed by atoms with Gasteiger partial charge in [0, 0.05) is 26.5 Å². The molecule has 4 aromatic rings. The number of amides is 3. The number of imide groups is 1. The number of thiazole rings is 1. The second kappa shape index (κ2) is 11.4. The van der Waals surface area contributed by atoms with E-state index in [0.717, 1.165) is 46.2 Å². The molecule has 3 atom stereocenters. The maximum atomic E-state index is 14.0. The van der Waals surface area contributed by atoms with Crippen LogP contribution >= 0.6 is 39.0 Å². The molecule has 9 nitrogen and oxygen atoms in total. The number of ether oxygens (including phenoxy) is 1. The molecular formula is C29H19BrF3N3O6S2. The summed E-state index contributed by atoms with van der Waals surface area (Å²) in [6, 6.07) is 14.7. The van der Waals surface area contributed by atoms with Crippen molar-refractivity contribution in [2.24, 2.45) is 5.92 Å². The molecule has 1 saturated heterocycles. The second-order valence-corrected chi connectivity index (χ2v) is 13.0. The summed E-state index contributed by atoms with van der Waals surface area (Å²) < 4.78 is 46.9. The molecule has 3 aromatic carbocycles. The van der Waals surface area contributed by atoms with Crippen LogP contribution in [0.25, 0.3) is 0 Å². The third-order valence-corrected chi connectivity index (χ3v) is 9.97. The Bertz CT molecular complexity index is 1860. The maximum absolute atomic E-state index is 14.0. The molecule has 3 heterocycles. The highest BCUT2D eigenvalue weighted by Crippen LogP contribution is 2.55. The van der Waals surface area contributed by atoms with Gasteiger partial charge in [-0.25, -0.2) is 4.90 Å². The zero-order valence-corrected chi connectivity index (χ0v) is 25.3. The van der Waals surface area contributed by atoms with Gasteiger partial charge in [0.05, 0.1) is 22.2 Å². The van der Waals surface area contributed by atoms with Gasteiger partial charge in [-0.15, -0.1) is 0 Å². The Morgan fingerprint density at radius 2 is 1.80 bits per heavy atom. The van der Waals surface area contributed by atoms with Crippen molar-refractivity contribution in [2.45, 2.75) is 22.4 Å². The van der Waals surface area contributed by atoms with Crippen LogP contribution in [0, 0.1) is 5.92 Å². The Kier molecular flexibility index (Phi) is 7.80. The number of fused-ring (bicyclic) bond motifs is 2. The van der Waals surface area contributed by atoms with Crippen molar-refractivity contribution in [3.05, 3.63) is 96.9 Å². The van der Waals surface area contributed by atoms with Crippen LogP contribution in [0.2, 0.25) is 0 Å². The van der Waals surface area contributed by atoms with Crippen molar-refractivity contribution in [1.29, 1.82) is 0 Å². The number of nitrogens with one attached hydrogen (secondary N) is 2. The summed E-state index contributed by atoms with van der Waals surface area (Å²) in [5, 5.41) is 11.4. The number of alkyl halides is 3. The van der Waals surface area contributed by atoms with Crippen LogP contribution in [0.1, 0.15) is 21.9 Å². The lowest BCUT2D eigenvalue weighted by Gasteiger charge is -2.31. The summed E-state index contributed by atoms with van der Waals surface area (Å²) in [5.41, 5.74) is -0.398. The molecule has 0 unspecified atom stereocenters. The van der Waals surface area contributed by atoms with E-state index >= 15 is 0 Å². The molecule has 3 amide bonds. The van der Waals surface area contributed by atoms with Gasteiger partial charge < -0.3 is 20.1 Å². The molecule has 0 bridgehead atoms. The van der Waals surface area contributed by atoms with Gasteiger partial charge in [0.1, 0.15) is 16.7 Å². The lowest BCUT2D eigenvalue weighted by Crippen LogP contribution is -2.32. The number of H-pyrrole nitrogens is 1. The fourth-order valence-corrected chi connectivity index (χ4v) is 8.09. The average Bonchev–Trinajstić information content (AvgIpc) is 3.47. The van der Waals surface area contributed by atoms with Crippen LogP contribution in [0.5, 0.6) is 11.5 Å². The molecule has 44 heavy (non-hydrogen) atoms. The Morgan fingerprint density at radius 1 is 1.05 bits per heavy atom. The van der Waals surface area contributed by atoms with Gasteiger partial charge in [0.2, 0.25) is 11.8 Å². The first-order valence-corrected chi connectivity index (χ1v) is 15.4. The number of phenolic OH excluding ortho intramolecular Hbond substituents is 1. The van der Waals surface area contributed by atoms with E-state index in [0.29, 0.717) is 25.6 Å². The van der Waals surface area contributed by atoms with Crippen molar-refractivity contribution < 1.29 is 37.4 Å². The largest absolute Gasteiger partial charge is 0.508 e. The van der Waals surface area contributed by atoms with Gasteiger partial charge in [0.15, 0.2) is 6.61 Å². The number of hydrogen-bond donors (Lipinski definition) is 3. The summed E-state index contributed by atoms with van der Waals surface area (Å²) in [6.07, 6.45) is -4.69. The number of nitrogens with zero attached hydrogens (tertiary/aromatic N) is 1. The minimum Gasteiger partial charge on any atom is -0.508 e. The van der Waals surface area contributed by atoms with Gasteiger partial charge in [-0.1, -0.05) is 45.1 Å². The number of aromatic nitrogens is 1. The van der Waals surface area contributed by atoms with Crippen LogP contribution in [0.4, 0.5) is 24.5 Å². The fourth-order valence-electron chi connectivity index (χ4n) is 5.21. The zero-order chi connectivity index (χ0) is 31.3. The number of rotatable bonds is 6. The van der Waals surface area contributed by atoms with E-state index in [9.17, 15) is 37.5 Å². The number of halogens is 4. The number of aromatic hydroxyl groups is 1. The van der Waals surface area contributed by atoms with E-state index in [-0.39, 0.29) is 17.2 Å². The number of anilines is 2. The number of thioether (sulfide) groups is 1. The lowest BCUT2D eigenvalue weighted by molar-refractivity contribution is -0.137. The lowest BCUT2D eigenvalue weighted by atomic mass is 9.82. The number of hydrogen-bond acceptors (Lipinski definition) is 8. The van der Waals surface area contributed by atoms with Crippen molar-refractivity contribution in [2.75, 3.05) is 16.8 Å². The van der Waals surface area contributed by atoms with E-state index in [1.165, 1.54) is 30.3 Å². The molecular weight excluding hydrogens is 687 g/mol. The number of aromatic amines is 1. The van der Waals surface area contributed by atoms with Gasteiger partial charge in [-0.3, -0.25) is 19.2 Å². The molecule has 6 rings (SSSR count). The number of benzene rings is 3. The van der Waals surface area contributed by atoms with E-state index in [4.69, 9.17) is 4.74 Å². The molecule has 2 aliphatic heterocycles. The van der Waals surface area contributed by atoms with E-state index in [2.05, 4.69) is 26.2 Å². The van der Waals surface area contributed by atoms with Crippen molar-refractivity contribution >= 4 is 68.1 Å². The highest BCUT2D eigenvalue weighted by Gasteiger charge is 2.57. The molecule has 2 aliphatic rings. The Labute approximate surface area is 263 Å². The minimum atomic E-state index is -4.69. The standard InChI is InChI=1S/C29H19BrF3N3O6S2/c30-14-4-9-19(42-12-20(38)34-15-5-7-17(37)8-6-15)18(11-14)21-22-24(43-25-23(21)44-28(41)35-25)27(40)36(26(22)39)16-3-1-2-13(10-16)29(31,32)33/h1-11,21-22,24,37H,12H2,(H,34,38)(H,35,41)/t21-,22-,24+/m0/s1. The third-order valence-electron chi connectivity index (χ3n) is 7.07. The maximum Gasteiger partial charge on any atom is 0.416 e. The predicted octanol–water partition coefficient (Wildman–Crippen LogP) is 5.74. The van der Waals surface area contributed by atoms with E-state index in [1.807, 2.05) is 0 Å². The smallest absolute Gasteiger partial charge is 0.416 e. The highest BCUT2D eigenvalue weighted by atomic mass is 79.9. The van der Waals surface area contributed by atoms with Gasteiger partial charge in [-0.2, -0.15) is 13.2 Å². The van der Waals surface area contributed by atoms with E-state index < -0.39 is 58.0 Å². The van der Waals surface area contributed by atoms with Crippen molar-refractivity contribution in [3.8, 4) is 11.5 Å². The van der Waals surface area contributed by atoms with Crippen LogP contribution in [-0.2, 0) is 20.6 Å². The van der Waals surface area contributed by atoms with Crippen LogP contribution in [0.3, 0.4) is 0 Å². The molecule has 226 valence electrons. The van der Waals surface area contributed by atoms with Crippen molar-refractivity contribution in [1.82, 2.24) is 4.98 Å². The van der Waals surface area contributed by atoms with Gasteiger partial charge in [0.25, 0.3) is 5.91 Å². The summed E-state index contributed by atoms with van der Waals surface area (Å²) in [6.45, 7) is -0.440. The quantitative estimate of drug-likeness (QED) is 0.173. The van der Waals surface area contributed by atoms with Gasteiger partial charge in [-0.05, 0) is 60.7 Å². The van der Waals surface area contributed by atoms with Gasteiger partial charge >= 0.3 is 11.0 Å². The number of carbonyl (C=O) groups is 3. The number of carbonyl (C=O) groups excluding carboxylic acids is 3. The van der Waals surface area contributed by atoms with E-state index in [1.54, 1.807) is 18.2 Å². The molecule has 0 spiro atoms. The SMILES string of the molecule is O=C(COc1ccc(Br)cc1[C@@H]1c2sc(=O)[nH]c2S[C@H]2C(=O)N(c3cccc(C(F)(F)F)c3)C(=O)[C@@H]12)Nc1ccc(O)cc1. The first-order valence-electron chi connectivity index (χ1n) is 12.9. The highest BCUT2D eigenvalue weighted by molar-refractivity contribution is 9.10. The van der Waals surface area contributed by atoms with Crippen LogP contribution in [0.15, 0.2) is 81.0 Å². The van der Waals surface area contributed by atoms with Crippen LogP contribution in [-0.4, -0.2) is 39.7 Å². The fraction of sp³-hybridized carbons (Fsp3) is 0.172. The summed E-state index contributed by atoms with van der Waals surface area (Å²) >= 11 is 5.26. The Hall–Kier alpha value is -4.08. The average molecular weight is 707 g/mol. The molecule has 0 aliphatic carbocycles. The van der Waals surface area contributed by atoms with Crippen molar-refractivity contribution in [3.63, 3.8) is 0 Å². The minimum absolute atomic E-state index is 0.0284. The molecule has 1 fully saturated rings. The first-order chi connectivity index (χ1) is 20.9. The molecule has 1 aromatic heterocycles. The predicted molar refractivity (Wildman–Crippen MR) is 160 cm³/mol. The third kappa shape index (κ3) is 5.62. The molecule has 0 saturated carbocycles. The first kappa shape index (κ1) is 30.0.